The van der Waals surface area contributed by atoms with E-state index in [9.17, 15) is 9.59 Å². The number of nitrogens with two attached hydrogens (primary N) is 2. The van der Waals surface area contributed by atoms with Crippen molar-refractivity contribution < 1.29 is 9.59 Å². The maximum atomic E-state index is 12.4. The van der Waals surface area contributed by atoms with Crippen LogP contribution in [0.25, 0.3) is 11.3 Å². The highest BCUT2D eigenvalue weighted by atomic mass is 32.1. The molecule has 6 N–H and O–H groups in total. The van der Waals surface area contributed by atoms with Crippen molar-refractivity contribution in [2.24, 2.45) is 11.5 Å². The lowest BCUT2D eigenvalue weighted by atomic mass is 9.99. The fourth-order valence-corrected chi connectivity index (χ4v) is 3.93. The fraction of sp³-hybridized carbons (Fsp3) is 0.364. The van der Waals surface area contributed by atoms with Crippen LogP contribution in [0.15, 0.2) is 42.2 Å². The van der Waals surface area contributed by atoms with Gasteiger partial charge in [-0.25, -0.2) is 4.98 Å². The molecule has 9 heteroatoms. The van der Waals surface area contributed by atoms with Gasteiger partial charge in [-0.2, -0.15) is 0 Å². The molecule has 0 saturated heterocycles. The summed E-state index contributed by atoms with van der Waals surface area (Å²) in [5.41, 5.74) is 15.6. The number of carbonyl (C=O) groups excluding carboxylic acids is 2. The van der Waals surface area contributed by atoms with Gasteiger partial charge in [0.15, 0.2) is 0 Å². The highest BCUT2D eigenvalue weighted by molar-refractivity contribution is 7.11. The van der Waals surface area contributed by atoms with E-state index in [4.69, 9.17) is 11.5 Å². The molecule has 0 aliphatic rings. The van der Waals surface area contributed by atoms with Gasteiger partial charge in [0, 0.05) is 25.4 Å². The maximum Gasteiger partial charge on any atom is 0.263 e. The van der Waals surface area contributed by atoms with Gasteiger partial charge in [0.25, 0.3) is 5.91 Å². The number of nitrogens with zero attached hydrogens (tertiary/aromatic N) is 2. The second kappa shape index (κ2) is 11.4. The molecular formula is C22H28N6O2S. The van der Waals surface area contributed by atoms with E-state index in [1.54, 1.807) is 11.7 Å². The first-order chi connectivity index (χ1) is 15.1. The largest absolute Gasteiger partial charge is 0.370 e. The Morgan fingerprint density at radius 3 is 2.81 bits per heavy atom. The van der Waals surface area contributed by atoms with Gasteiger partial charge in [-0.3, -0.25) is 14.6 Å². The molecule has 0 aliphatic heterocycles. The first kappa shape index (κ1) is 22.6. The lowest BCUT2D eigenvalue weighted by Crippen LogP contribution is -2.28. The van der Waals surface area contributed by atoms with Gasteiger partial charge >= 0.3 is 0 Å². The molecule has 3 aromatic rings. The molecule has 3 rings (SSSR count). The summed E-state index contributed by atoms with van der Waals surface area (Å²) in [4.78, 5) is 35.8. The zero-order valence-electron chi connectivity index (χ0n) is 17.3. The van der Waals surface area contributed by atoms with Gasteiger partial charge in [-0.1, -0.05) is 31.0 Å². The number of thiazole rings is 1. The van der Waals surface area contributed by atoms with Gasteiger partial charge in [0.05, 0.1) is 23.6 Å². The van der Waals surface area contributed by atoms with E-state index in [0.717, 1.165) is 48.3 Å². The van der Waals surface area contributed by atoms with Crippen LogP contribution in [0.4, 0.5) is 0 Å². The van der Waals surface area contributed by atoms with Crippen molar-refractivity contribution in [3.63, 3.8) is 0 Å². The summed E-state index contributed by atoms with van der Waals surface area (Å²) in [7, 11) is 0. The standard InChI is InChI=1S/C22H28N6O2S/c23-10-15-5-4-7-16(9-15)18-12-26-21(28-18)17(6-2-1-3-8-20(24)29)11-27-22(30)19-13-25-14-31-19/h4-5,7,9,12-14,17H,1-3,6,8,10-11,23H2,(H2,24,29)(H,26,28)(H,27,30). The van der Waals surface area contributed by atoms with Crippen LogP contribution >= 0.6 is 11.3 Å². The topological polar surface area (TPSA) is 140 Å². The van der Waals surface area contributed by atoms with E-state index in [2.05, 4.69) is 20.3 Å². The number of aromatic amines is 1. The minimum absolute atomic E-state index is 0.0249. The third-order valence-electron chi connectivity index (χ3n) is 5.10. The van der Waals surface area contributed by atoms with Crippen molar-refractivity contribution in [2.45, 2.75) is 44.6 Å². The normalized spacial score (nSPS) is 11.9. The zero-order valence-corrected chi connectivity index (χ0v) is 18.2. The minimum Gasteiger partial charge on any atom is -0.370 e. The molecule has 2 aromatic heterocycles. The van der Waals surface area contributed by atoms with Gasteiger partial charge < -0.3 is 21.8 Å². The molecule has 8 nitrogen and oxygen atoms in total. The summed E-state index contributed by atoms with van der Waals surface area (Å²) >= 11 is 1.31. The maximum absolute atomic E-state index is 12.4. The number of rotatable bonds is 12. The lowest BCUT2D eigenvalue weighted by molar-refractivity contribution is -0.118. The van der Waals surface area contributed by atoms with Crippen molar-refractivity contribution in [3.8, 4) is 11.3 Å². The third-order valence-corrected chi connectivity index (χ3v) is 5.87. The van der Waals surface area contributed by atoms with E-state index in [0.29, 0.717) is 24.4 Å². The van der Waals surface area contributed by atoms with E-state index in [-0.39, 0.29) is 17.7 Å². The Labute approximate surface area is 185 Å². The second-order valence-corrected chi connectivity index (χ2v) is 8.31. The number of aromatic nitrogens is 3. The van der Waals surface area contributed by atoms with Crippen LogP contribution in [0.1, 0.15) is 59.1 Å². The van der Waals surface area contributed by atoms with E-state index in [1.165, 1.54) is 11.3 Å². The molecular weight excluding hydrogens is 412 g/mol. The predicted octanol–water partition coefficient (Wildman–Crippen LogP) is 2.94. The van der Waals surface area contributed by atoms with Gasteiger partial charge in [0.2, 0.25) is 5.91 Å². The zero-order chi connectivity index (χ0) is 22.1. The van der Waals surface area contributed by atoms with E-state index < -0.39 is 0 Å². The molecule has 0 spiro atoms. The Kier molecular flexibility index (Phi) is 8.31. The Bertz CT molecular complexity index is 986. The molecule has 2 amide bonds. The molecule has 1 unspecified atom stereocenters. The number of H-pyrrole nitrogens is 1. The molecule has 1 aromatic carbocycles. The molecule has 0 bridgehead atoms. The summed E-state index contributed by atoms with van der Waals surface area (Å²) in [5, 5.41) is 2.99. The number of hydrogen-bond donors (Lipinski definition) is 4. The van der Waals surface area contributed by atoms with Crippen LogP contribution in [0.5, 0.6) is 0 Å². The van der Waals surface area contributed by atoms with Crippen molar-refractivity contribution in [1.82, 2.24) is 20.3 Å². The van der Waals surface area contributed by atoms with Crippen LogP contribution in [0.3, 0.4) is 0 Å². The molecule has 164 valence electrons. The molecule has 31 heavy (non-hydrogen) atoms. The Morgan fingerprint density at radius 2 is 2.06 bits per heavy atom. The first-order valence-electron chi connectivity index (χ1n) is 10.4. The second-order valence-electron chi connectivity index (χ2n) is 7.42. The SMILES string of the molecule is NCc1cccc(-c2cnc(C(CCCCCC(N)=O)CNC(=O)c3cncs3)[nH]2)c1. The first-order valence-corrected chi connectivity index (χ1v) is 11.2. The Balaban J connectivity index is 1.68. The summed E-state index contributed by atoms with van der Waals surface area (Å²) in [6, 6.07) is 8.02. The molecule has 1 atom stereocenters. The molecule has 0 radical (unpaired) electrons. The quantitative estimate of drug-likeness (QED) is 0.321. The van der Waals surface area contributed by atoms with Crippen molar-refractivity contribution >= 4 is 23.2 Å². The van der Waals surface area contributed by atoms with Gasteiger partial charge in [0.1, 0.15) is 10.7 Å². The summed E-state index contributed by atoms with van der Waals surface area (Å²) in [6.07, 6.45) is 7.18. The molecule has 2 heterocycles. The monoisotopic (exact) mass is 440 g/mol. The van der Waals surface area contributed by atoms with E-state index >= 15 is 0 Å². The van der Waals surface area contributed by atoms with Crippen LogP contribution in [0.2, 0.25) is 0 Å². The molecule has 0 saturated carbocycles. The average molecular weight is 441 g/mol. The van der Waals surface area contributed by atoms with Crippen molar-refractivity contribution in [2.75, 3.05) is 6.54 Å². The third kappa shape index (κ3) is 6.73. The number of unbranched alkanes of at least 4 members (excludes halogenated alkanes) is 2. The number of carbonyl (C=O) groups is 2. The minimum atomic E-state index is -0.274. The van der Waals surface area contributed by atoms with Crippen LogP contribution in [-0.2, 0) is 11.3 Å². The lowest BCUT2D eigenvalue weighted by Gasteiger charge is -2.15. The Hall–Kier alpha value is -3.04. The number of imidazole rings is 1. The van der Waals surface area contributed by atoms with Gasteiger partial charge in [-0.15, -0.1) is 11.3 Å². The average Bonchev–Trinajstić information content (AvgIpc) is 3.48. The Morgan fingerprint density at radius 1 is 1.19 bits per heavy atom. The number of primary amides is 1. The summed E-state index contributed by atoms with van der Waals surface area (Å²) < 4.78 is 0. The smallest absolute Gasteiger partial charge is 0.263 e. The summed E-state index contributed by atoms with van der Waals surface area (Å²) in [5.74, 6) is 0.442. The summed E-state index contributed by atoms with van der Waals surface area (Å²) in [6.45, 7) is 0.939. The molecule has 0 fully saturated rings. The van der Waals surface area contributed by atoms with Crippen molar-refractivity contribution in [1.29, 1.82) is 0 Å². The highest BCUT2D eigenvalue weighted by Crippen LogP contribution is 2.24. The number of hydrogen-bond acceptors (Lipinski definition) is 6. The number of nitrogens with one attached hydrogen (secondary N) is 2. The number of benzene rings is 1. The van der Waals surface area contributed by atoms with Crippen LogP contribution < -0.4 is 16.8 Å². The van der Waals surface area contributed by atoms with Crippen LogP contribution in [0, 0.1) is 0 Å². The van der Waals surface area contributed by atoms with Crippen LogP contribution in [-0.4, -0.2) is 33.3 Å². The van der Waals surface area contributed by atoms with Crippen molar-refractivity contribution in [3.05, 3.63) is 58.4 Å². The fourth-order valence-electron chi connectivity index (χ4n) is 3.39. The number of amides is 2. The predicted molar refractivity (Wildman–Crippen MR) is 121 cm³/mol. The van der Waals surface area contributed by atoms with E-state index in [1.807, 2.05) is 30.5 Å². The highest BCUT2D eigenvalue weighted by Gasteiger charge is 2.18. The molecule has 0 aliphatic carbocycles. The van der Waals surface area contributed by atoms with Gasteiger partial charge in [-0.05, 0) is 30.0 Å².